The monoisotopic (exact) mass is 433 g/mol. The van der Waals surface area contributed by atoms with Crippen LogP contribution in [0, 0.1) is 6.92 Å². The molecular formula is C20H21Cl2N5O2. The molecule has 0 atom stereocenters. The van der Waals surface area contributed by atoms with Gasteiger partial charge in [-0.3, -0.25) is 4.79 Å². The van der Waals surface area contributed by atoms with Crippen molar-refractivity contribution < 1.29 is 9.59 Å². The fraction of sp³-hybridized carbons (Fsp3) is 0.400. The van der Waals surface area contributed by atoms with Gasteiger partial charge in [0, 0.05) is 5.02 Å². The minimum atomic E-state index is -0.801. The maximum atomic E-state index is 12.8. The van der Waals surface area contributed by atoms with Gasteiger partial charge in [0.25, 0.3) is 5.91 Å². The summed E-state index contributed by atoms with van der Waals surface area (Å²) in [6, 6.07) is 6.93. The van der Waals surface area contributed by atoms with Crippen molar-refractivity contribution in [3.8, 4) is 0 Å². The Morgan fingerprint density at radius 3 is 2.55 bits per heavy atom. The number of urea groups is 1. The standard InChI is InChI=1S/C20H21Cl2N5O2/c1-13-16(17(22)26(25-13)12-14-5-7-15(21)8-6-14)11-23-27-18(28)20(24-19(27)29)9-3-2-4-10-20/h5-8,11H,2-4,9-10,12H2,1H3,(H,24,29). The van der Waals surface area contributed by atoms with Gasteiger partial charge in [0.1, 0.15) is 10.7 Å². The van der Waals surface area contributed by atoms with Crippen LogP contribution in [-0.2, 0) is 11.3 Å². The Morgan fingerprint density at radius 1 is 1.17 bits per heavy atom. The number of imide groups is 1. The van der Waals surface area contributed by atoms with E-state index < -0.39 is 11.6 Å². The Balaban J connectivity index is 1.54. The second kappa shape index (κ2) is 7.80. The Labute approximate surface area is 178 Å². The van der Waals surface area contributed by atoms with Gasteiger partial charge in [-0.05, 0) is 37.5 Å². The summed E-state index contributed by atoms with van der Waals surface area (Å²) in [4.78, 5) is 25.2. The van der Waals surface area contributed by atoms with Crippen LogP contribution in [0.1, 0.15) is 48.9 Å². The van der Waals surface area contributed by atoms with Gasteiger partial charge >= 0.3 is 6.03 Å². The van der Waals surface area contributed by atoms with Crippen molar-refractivity contribution in [2.45, 2.75) is 51.1 Å². The highest BCUT2D eigenvalue weighted by atomic mass is 35.5. The molecule has 2 aromatic rings. The summed E-state index contributed by atoms with van der Waals surface area (Å²) in [5.41, 5.74) is 1.43. The van der Waals surface area contributed by atoms with Crippen LogP contribution in [0.5, 0.6) is 0 Å². The first-order valence-electron chi connectivity index (χ1n) is 9.58. The van der Waals surface area contributed by atoms with Crippen LogP contribution in [0.15, 0.2) is 29.4 Å². The van der Waals surface area contributed by atoms with Gasteiger partial charge in [0.05, 0.1) is 24.0 Å². The predicted molar refractivity (Wildman–Crippen MR) is 111 cm³/mol. The first-order chi connectivity index (χ1) is 13.9. The lowest BCUT2D eigenvalue weighted by molar-refractivity contribution is -0.132. The van der Waals surface area contributed by atoms with Gasteiger partial charge in [-0.15, -0.1) is 5.01 Å². The van der Waals surface area contributed by atoms with Crippen LogP contribution in [-0.4, -0.2) is 38.5 Å². The normalized spacial score (nSPS) is 18.8. The molecule has 0 radical (unpaired) electrons. The number of nitrogens with one attached hydrogen (secondary N) is 1. The zero-order chi connectivity index (χ0) is 20.6. The topological polar surface area (TPSA) is 79.6 Å². The molecule has 0 unspecified atom stereocenters. The molecule has 1 aromatic heterocycles. The number of nitrogens with zero attached hydrogens (tertiary/aromatic N) is 4. The van der Waals surface area contributed by atoms with Crippen molar-refractivity contribution in [3.05, 3.63) is 51.3 Å². The van der Waals surface area contributed by atoms with Gasteiger partial charge in [-0.25, -0.2) is 9.48 Å². The minimum Gasteiger partial charge on any atom is -0.321 e. The third-order valence-corrected chi connectivity index (χ3v) is 6.16. The fourth-order valence-electron chi connectivity index (χ4n) is 3.90. The molecule has 1 N–H and O–H groups in total. The highest BCUT2D eigenvalue weighted by Gasteiger charge is 2.51. The second-order valence-electron chi connectivity index (χ2n) is 7.51. The largest absolute Gasteiger partial charge is 0.346 e. The Hall–Kier alpha value is -2.38. The van der Waals surface area contributed by atoms with Gasteiger partial charge in [-0.2, -0.15) is 10.2 Å². The number of hydrogen-bond acceptors (Lipinski definition) is 4. The molecule has 9 heteroatoms. The second-order valence-corrected chi connectivity index (χ2v) is 8.30. The SMILES string of the molecule is Cc1nn(Cc2ccc(Cl)cc2)c(Cl)c1C=NN1C(=O)NC2(CCCCC2)C1=O. The first kappa shape index (κ1) is 19.9. The van der Waals surface area contributed by atoms with E-state index in [1.807, 2.05) is 24.3 Å². The van der Waals surface area contributed by atoms with Crippen LogP contribution in [0.2, 0.25) is 10.2 Å². The van der Waals surface area contributed by atoms with Crippen molar-refractivity contribution in [1.29, 1.82) is 0 Å². The number of aromatic nitrogens is 2. The van der Waals surface area contributed by atoms with Crippen LogP contribution in [0.25, 0.3) is 0 Å². The minimum absolute atomic E-state index is 0.291. The molecule has 3 amide bonds. The average Bonchev–Trinajstić information content (AvgIpc) is 3.09. The smallest absolute Gasteiger partial charge is 0.321 e. The van der Waals surface area contributed by atoms with Crippen LogP contribution >= 0.6 is 23.2 Å². The third-order valence-electron chi connectivity index (χ3n) is 5.50. The number of amides is 3. The average molecular weight is 434 g/mol. The highest BCUT2D eigenvalue weighted by Crippen LogP contribution is 2.33. The van der Waals surface area contributed by atoms with E-state index in [0.29, 0.717) is 40.8 Å². The number of carbonyl (C=O) groups is 2. The van der Waals surface area contributed by atoms with E-state index in [0.717, 1.165) is 29.8 Å². The molecule has 1 saturated carbocycles. The summed E-state index contributed by atoms with van der Waals surface area (Å²) in [6.45, 7) is 2.27. The zero-order valence-electron chi connectivity index (χ0n) is 16.0. The molecule has 1 aromatic carbocycles. The molecule has 1 aliphatic heterocycles. The van der Waals surface area contributed by atoms with Crippen molar-refractivity contribution >= 4 is 41.4 Å². The summed E-state index contributed by atoms with van der Waals surface area (Å²) < 4.78 is 1.65. The van der Waals surface area contributed by atoms with E-state index >= 15 is 0 Å². The maximum Gasteiger partial charge on any atom is 0.346 e. The fourth-order valence-corrected chi connectivity index (χ4v) is 4.31. The van der Waals surface area contributed by atoms with Gasteiger partial charge < -0.3 is 5.32 Å². The Bertz CT molecular complexity index is 978. The molecule has 4 rings (SSSR count). The summed E-state index contributed by atoms with van der Waals surface area (Å²) in [7, 11) is 0. The molecular weight excluding hydrogens is 413 g/mol. The van der Waals surface area contributed by atoms with Gasteiger partial charge in [0.15, 0.2) is 0 Å². The molecule has 1 saturated heterocycles. The quantitative estimate of drug-likeness (QED) is 0.581. The number of rotatable bonds is 4. The highest BCUT2D eigenvalue weighted by molar-refractivity contribution is 6.32. The molecule has 2 heterocycles. The number of hydrogen-bond donors (Lipinski definition) is 1. The maximum absolute atomic E-state index is 12.8. The van der Waals surface area contributed by atoms with E-state index in [9.17, 15) is 9.59 Å². The van der Waals surface area contributed by atoms with Crippen LogP contribution in [0.3, 0.4) is 0 Å². The number of benzene rings is 1. The van der Waals surface area contributed by atoms with E-state index in [1.54, 1.807) is 11.6 Å². The van der Waals surface area contributed by atoms with Crippen molar-refractivity contribution in [2.75, 3.05) is 0 Å². The first-order valence-corrected chi connectivity index (χ1v) is 10.3. The van der Waals surface area contributed by atoms with Crippen molar-refractivity contribution in [3.63, 3.8) is 0 Å². The zero-order valence-corrected chi connectivity index (χ0v) is 17.5. The Kier molecular flexibility index (Phi) is 5.36. The predicted octanol–water partition coefficient (Wildman–Crippen LogP) is 4.14. The van der Waals surface area contributed by atoms with Crippen LogP contribution in [0.4, 0.5) is 4.79 Å². The number of carbonyl (C=O) groups excluding carboxylic acids is 2. The molecule has 7 nitrogen and oxygen atoms in total. The van der Waals surface area contributed by atoms with E-state index in [2.05, 4.69) is 15.5 Å². The molecule has 29 heavy (non-hydrogen) atoms. The Morgan fingerprint density at radius 2 is 1.86 bits per heavy atom. The van der Waals surface area contributed by atoms with Gasteiger partial charge in [-0.1, -0.05) is 54.6 Å². The lowest BCUT2D eigenvalue weighted by Crippen LogP contribution is -2.48. The number of hydrazone groups is 1. The molecule has 2 fully saturated rings. The third kappa shape index (κ3) is 3.76. The van der Waals surface area contributed by atoms with Crippen molar-refractivity contribution in [2.24, 2.45) is 5.10 Å². The number of halogens is 2. The summed E-state index contributed by atoms with van der Waals surface area (Å²) >= 11 is 12.4. The molecule has 152 valence electrons. The molecule has 1 spiro atoms. The summed E-state index contributed by atoms with van der Waals surface area (Å²) in [6.07, 6.45) is 5.67. The lowest BCUT2D eigenvalue weighted by atomic mass is 9.82. The summed E-state index contributed by atoms with van der Waals surface area (Å²) in [5.74, 6) is -0.291. The van der Waals surface area contributed by atoms with Gasteiger partial charge in [0.2, 0.25) is 0 Å². The van der Waals surface area contributed by atoms with Crippen molar-refractivity contribution in [1.82, 2.24) is 20.1 Å². The van der Waals surface area contributed by atoms with Crippen LogP contribution < -0.4 is 5.32 Å². The molecule has 1 aliphatic carbocycles. The molecule has 0 bridgehead atoms. The lowest BCUT2D eigenvalue weighted by Gasteiger charge is -2.29. The number of aryl methyl sites for hydroxylation is 1. The van der Waals surface area contributed by atoms with E-state index in [-0.39, 0.29) is 5.91 Å². The van der Waals surface area contributed by atoms with E-state index in [1.165, 1.54) is 6.21 Å². The molecule has 2 aliphatic rings. The van der Waals surface area contributed by atoms with E-state index in [4.69, 9.17) is 23.2 Å². The summed E-state index contributed by atoms with van der Waals surface area (Å²) in [5, 5.41) is 13.4.